The van der Waals surface area contributed by atoms with Crippen molar-refractivity contribution >= 4 is 23.5 Å². The highest BCUT2D eigenvalue weighted by Gasteiger charge is 2.40. The van der Waals surface area contributed by atoms with Gasteiger partial charge in [0.15, 0.2) is 0 Å². The minimum Gasteiger partial charge on any atom is -0.467 e. The number of hydrogen-bond acceptors (Lipinski definition) is 3. The van der Waals surface area contributed by atoms with Crippen LogP contribution in [0.2, 0.25) is 5.02 Å². The van der Waals surface area contributed by atoms with Gasteiger partial charge in [0.1, 0.15) is 5.54 Å². The van der Waals surface area contributed by atoms with E-state index < -0.39 is 11.5 Å². The molecular weight excluding hydrogens is 290 g/mol. The fraction of sp³-hybridized carbons (Fsp3) is 0.500. The first kappa shape index (κ1) is 17.5. The van der Waals surface area contributed by atoms with Gasteiger partial charge in [0.05, 0.1) is 13.0 Å². The minimum atomic E-state index is -1.05. The molecule has 0 bridgehead atoms. The quantitative estimate of drug-likeness (QED) is 0.850. The summed E-state index contributed by atoms with van der Waals surface area (Å²) < 4.78 is 4.81. The molecule has 0 aliphatic carbocycles. The molecule has 2 atom stereocenters. The standard InChI is InChI=1S/C16H22ClNO3/c1-10(2)16(4,15(20)21-5)18-14(19)11(3)12-6-8-13(17)9-7-12/h6-11H,1-5H3,(H,18,19). The maximum atomic E-state index is 12.4. The number of hydrogen-bond donors (Lipinski definition) is 1. The van der Waals surface area contributed by atoms with E-state index in [0.717, 1.165) is 5.56 Å². The topological polar surface area (TPSA) is 55.4 Å². The number of benzene rings is 1. The third kappa shape index (κ3) is 3.97. The molecule has 1 amide bonds. The molecule has 0 fully saturated rings. The lowest BCUT2D eigenvalue weighted by atomic mass is 9.87. The molecular formula is C16H22ClNO3. The summed E-state index contributed by atoms with van der Waals surface area (Å²) in [6.07, 6.45) is 0. The number of ether oxygens (including phenoxy) is 1. The van der Waals surface area contributed by atoms with Gasteiger partial charge in [-0.2, -0.15) is 0 Å². The molecule has 0 saturated carbocycles. The Morgan fingerprint density at radius 1 is 1.19 bits per heavy atom. The normalized spacial score (nSPS) is 15.2. The van der Waals surface area contributed by atoms with Crippen LogP contribution in [0.25, 0.3) is 0 Å². The van der Waals surface area contributed by atoms with Crippen molar-refractivity contribution in [2.24, 2.45) is 5.92 Å². The number of methoxy groups -OCH3 is 1. The van der Waals surface area contributed by atoms with Gasteiger partial charge >= 0.3 is 5.97 Å². The van der Waals surface area contributed by atoms with Gasteiger partial charge in [0, 0.05) is 5.02 Å². The third-order valence-corrected chi connectivity index (χ3v) is 4.16. The Morgan fingerprint density at radius 3 is 2.14 bits per heavy atom. The van der Waals surface area contributed by atoms with Gasteiger partial charge in [-0.1, -0.05) is 37.6 Å². The minimum absolute atomic E-state index is 0.0914. The van der Waals surface area contributed by atoms with E-state index >= 15 is 0 Å². The van der Waals surface area contributed by atoms with E-state index in [4.69, 9.17) is 16.3 Å². The first-order valence-corrected chi connectivity index (χ1v) is 7.26. The van der Waals surface area contributed by atoms with E-state index in [1.807, 2.05) is 13.8 Å². The molecule has 5 heteroatoms. The fourth-order valence-corrected chi connectivity index (χ4v) is 2.04. The maximum absolute atomic E-state index is 12.4. The summed E-state index contributed by atoms with van der Waals surface area (Å²) >= 11 is 5.84. The van der Waals surface area contributed by atoms with Crippen molar-refractivity contribution in [2.45, 2.75) is 39.2 Å². The fourth-order valence-electron chi connectivity index (χ4n) is 1.91. The van der Waals surface area contributed by atoms with E-state index in [2.05, 4.69) is 5.32 Å². The number of esters is 1. The predicted octanol–water partition coefficient (Wildman–Crippen LogP) is 3.15. The molecule has 2 unspecified atom stereocenters. The monoisotopic (exact) mass is 311 g/mol. The van der Waals surface area contributed by atoms with E-state index in [1.165, 1.54) is 7.11 Å². The Bertz CT molecular complexity index is 513. The molecule has 116 valence electrons. The number of carbonyl (C=O) groups is 2. The smallest absolute Gasteiger partial charge is 0.331 e. The van der Waals surface area contributed by atoms with Crippen LogP contribution in [0.1, 0.15) is 39.2 Å². The zero-order chi connectivity index (χ0) is 16.2. The van der Waals surface area contributed by atoms with Crippen LogP contribution in [0.3, 0.4) is 0 Å². The highest BCUT2D eigenvalue weighted by molar-refractivity contribution is 6.30. The van der Waals surface area contributed by atoms with Crippen molar-refractivity contribution in [3.63, 3.8) is 0 Å². The Morgan fingerprint density at radius 2 is 1.71 bits per heavy atom. The molecule has 0 aliphatic heterocycles. The summed E-state index contributed by atoms with van der Waals surface area (Å²) in [5, 5.41) is 3.43. The highest BCUT2D eigenvalue weighted by atomic mass is 35.5. The lowest BCUT2D eigenvalue weighted by Crippen LogP contribution is -2.57. The summed E-state index contributed by atoms with van der Waals surface area (Å²) in [6.45, 7) is 7.20. The molecule has 0 radical (unpaired) electrons. The number of amides is 1. The first-order valence-electron chi connectivity index (χ1n) is 6.88. The summed E-state index contributed by atoms with van der Waals surface area (Å²) in [5.41, 5.74) is -0.208. The first-order chi connectivity index (χ1) is 9.72. The Labute approximate surface area is 130 Å². The van der Waals surface area contributed by atoms with Gasteiger partial charge in [-0.3, -0.25) is 4.79 Å². The third-order valence-electron chi connectivity index (χ3n) is 3.91. The van der Waals surface area contributed by atoms with Crippen molar-refractivity contribution in [3.05, 3.63) is 34.9 Å². The summed E-state index contributed by atoms with van der Waals surface area (Å²) in [7, 11) is 1.32. The number of halogens is 1. The zero-order valence-electron chi connectivity index (χ0n) is 13.1. The molecule has 0 aromatic heterocycles. The van der Waals surface area contributed by atoms with Crippen molar-refractivity contribution in [1.82, 2.24) is 5.32 Å². The largest absolute Gasteiger partial charge is 0.467 e. The average molecular weight is 312 g/mol. The molecule has 0 spiro atoms. The molecule has 1 aromatic carbocycles. The second kappa shape index (κ2) is 6.94. The van der Waals surface area contributed by atoms with E-state index in [1.54, 1.807) is 38.1 Å². The SMILES string of the molecule is COC(=O)C(C)(NC(=O)C(C)c1ccc(Cl)cc1)C(C)C. The summed E-state index contributed by atoms with van der Waals surface area (Å²) in [4.78, 5) is 24.4. The summed E-state index contributed by atoms with van der Waals surface area (Å²) in [5.74, 6) is -1.15. The van der Waals surface area contributed by atoms with Crippen molar-refractivity contribution in [1.29, 1.82) is 0 Å². The number of rotatable bonds is 5. The van der Waals surface area contributed by atoms with Gasteiger partial charge in [0.2, 0.25) is 5.91 Å². The molecule has 4 nitrogen and oxygen atoms in total. The van der Waals surface area contributed by atoms with Crippen molar-refractivity contribution < 1.29 is 14.3 Å². The number of carbonyl (C=O) groups excluding carboxylic acids is 2. The zero-order valence-corrected chi connectivity index (χ0v) is 13.8. The van der Waals surface area contributed by atoms with Crippen LogP contribution >= 0.6 is 11.6 Å². The molecule has 0 heterocycles. The Balaban J connectivity index is 2.92. The molecule has 1 aromatic rings. The van der Waals surface area contributed by atoms with Crippen LogP contribution in [0.4, 0.5) is 0 Å². The molecule has 1 N–H and O–H groups in total. The second-order valence-electron chi connectivity index (χ2n) is 5.61. The van der Waals surface area contributed by atoms with Crippen molar-refractivity contribution in [2.75, 3.05) is 7.11 Å². The lowest BCUT2D eigenvalue weighted by molar-refractivity contribution is -0.152. The molecule has 1 rings (SSSR count). The van der Waals surface area contributed by atoms with Gasteiger partial charge in [-0.25, -0.2) is 4.79 Å². The van der Waals surface area contributed by atoms with Crippen LogP contribution in [0, 0.1) is 5.92 Å². The molecule has 0 aliphatic rings. The van der Waals surface area contributed by atoms with Gasteiger partial charge in [-0.05, 0) is 37.5 Å². The van der Waals surface area contributed by atoms with Gasteiger partial charge in [0.25, 0.3) is 0 Å². The molecule has 21 heavy (non-hydrogen) atoms. The van der Waals surface area contributed by atoms with E-state index in [0.29, 0.717) is 5.02 Å². The molecule has 0 saturated heterocycles. The summed E-state index contributed by atoms with van der Waals surface area (Å²) in [6, 6.07) is 7.08. The van der Waals surface area contributed by atoms with E-state index in [9.17, 15) is 9.59 Å². The Kier molecular flexibility index (Phi) is 5.78. The van der Waals surface area contributed by atoms with Crippen molar-refractivity contribution in [3.8, 4) is 0 Å². The lowest BCUT2D eigenvalue weighted by Gasteiger charge is -2.32. The van der Waals surface area contributed by atoms with Crippen LogP contribution in [-0.4, -0.2) is 24.5 Å². The highest BCUT2D eigenvalue weighted by Crippen LogP contribution is 2.23. The van der Waals surface area contributed by atoms with Crippen LogP contribution in [0.5, 0.6) is 0 Å². The average Bonchev–Trinajstić information content (AvgIpc) is 2.45. The van der Waals surface area contributed by atoms with E-state index in [-0.39, 0.29) is 17.7 Å². The van der Waals surface area contributed by atoms with Gasteiger partial charge in [-0.15, -0.1) is 0 Å². The predicted molar refractivity (Wildman–Crippen MR) is 83.3 cm³/mol. The van der Waals surface area contributed by atoms with Crippen LogP contribution in [0.15, 0.2) is 24.3 Å². The van der Waals surface area contributed by atoms with Crippen LogP contribution < -0.4 is 5.32 Å². The Hall–Kier alpha value is -1.55. The second-order valence-corrected chi connectivity index (χ2v) is 6.05. The van der Waals surface area contributed by atoms with Crippen LogP contribution in [-0.2, 0) is 14.3 Å². The number of nitrogens with one attached hydrogen (secondary N) is 1. The van der Waals surface area contributed by atoms with Gasteiger partial charge < -0.3 is 10.1 Å². The maximum Gasteiger partial charge on any atom is 0.331 e.